The second-order valence-electron chi connectivity index (χ2n) is 7.84. The number of hydrogen-bond acceptors (Lipinski definition) is 5. The van der Waals surface area contributed by atoms with Gasteiger partial charge in [-0.25, -0.2) is 9.97 Å². The number of aliphatic hydroxyl groups is 2. The summed E-state index contributed by atoms with van der Waals surface area (Å²) in [5.41, 5.74) is 3.33. The summed E-state index contributed by atoms with van der Waals surface area (Å²) < 4.78 is 0. The van der Waals surface area contributed by atoms with Crippen LogP contribution in [0, 0.1) is 0 Å². The standard InChI is InChI=1S/C18H26N4O2/c1-18(2,24)15(5-6-23)21-13-7-11(13)12-8-19-17-16(12)22-14(9-20-17)10-3-4-10/h8-11,13,15,21,23-24H,3-7H2,1-2H3,(H,19,20). The Kier molecular flexibility index (Phi) is 3.86. The maximum absolute atomic E-state index is 10.3. The first-order valence-electron chi connectivity index (χ1n) is 8.90. The number of hydrogen-bond donors (Lipinski definition) is 4. The Bertz CT molecular complexity index is 732. The third kappa shape index (κ3) is 3.06. The molecule has 6 nitrogen and oxygen atoms in total. The smallest absolute Gasteiger partial charge is 0.156 e. The van der Waals surface area contributed by atoms with Gasteiger partial charge in [0.25, 0.3) is 0 Å². The Morgan fingerprint density at radius 2 is 2.21 bits per heavy atom. The van der Waals surface area contributed by atoms with E-state index < -0.39 is 5.60 Å². The van der Waals surface area contributed by atoms with Crippen molar-refractivity contribution in [2.24, 2.45) is 0 Å². The van der Waals surface area contributed by atoms with Crippen LogP contribution < -0.4 is 5.32 Å². The summed E-state index contributed by atoms with van der Waals surface area (Å²) in [6.07, 6.45) is 7.95. The Morgan fingerprint density at radius 3 is 2.88 bits per heavy atom. The number of aromatic nitrogens is 3. The van der Waals surface area contributed by atoms with Crippen molar-refractivity contribution in [3.05, 3.63) is 23.7 Å². The lowest BCUT2D eigenvalue weighted by Crippen LogP contribution is -2.48. The van der Waals surface area contributed by atoms with Crippen molar-refractivity contribution in [2.45, 2.75) is 69.1 Å². The molecular formula is C18H26N4O2. The van der Waals surface area contributed by atoms with Crippen LogP contribution in [0.3, 0.4) is 0 Å². The predicted octanol–water partition coefficient (Wildman–Crippen LogP) is 1.80. The molecule has 130 valence electrons. The number of nitrogens with zero attached hydrogens (tertiary/aromatic N) is 2. The molecule has 3 atom stereocenters. The number of aliphatic hydroxyl groups excluding tert-OH is 1. The molecule has 2 saturated carbocycles. The quantitative estimate of drug-likeness (QED) is 0.621. The van der Waals surface area contributed by atoms with E-state index in [0.29, 0.717) is 24.3 Å². The van der Waals surface area contributed by atoms with E-state index in [-0.39, 0.29) is 12.6 Å². The van der Waals surface area contributed by atoms with Crippen molar-refractivity contribution in [2.75, 3.05) is 6.61 Å². The highest BCUT2D eigenvalue weighted by Crippen LogP contribution is 2.45. The monoisotopic (exact) mass is 330 g/mol. The fourth-order valence-corrected chi connectivity index (χ4v) is 3.53. The molecule has 0 amide bonds. The zero-order valence-corrected chi connectivity index (χ0v) is 14.3. The summed E-state index contributed by atoms with van der Waals surface area (Å²) in [5.74, 6) is 0.993. The van der Waals surface area contributed by atoms with Crippen LogP contribution in [-0.4, -0.2) is 49.5 Å². The van der Waals surface area contributed by atoms with Gasteiger partial charge in [0.05, 0.1) is 17.5 Å². The third-order valence-electron chi connectivity index (χ3n) is 5.30. The van der Waals surface area contributed by atoms with Crippen LogP contribution in [-0.2, 0) is 0 Å². The average molecular weight is 330 g/mol. The first kappa shape index (κ1) is 16.0. The predicted molar refractivity (Wildman–Crippen MR) is 91.9 cm³/mol. The molecule has 3 unspecified atom stereocenters. The van der Waals surface area contributed by atoms with E-state index >= 15 is 0 Å². The van der Waals surface area contributed by atoms with Gasteiger partial charge in [0.1, 0.15) is 5.52 Å². The minimum atomic E-state index is -0.852. The van der Waals surface area contributed by atoms with Crippen molar-refractivity contribution in [3.63, 3.8) is 0 Å². The first-order chi connectivity index (χ1) is 11.5. The van der Waals surface area contributed by atoms with Gasteiger partial charge >= 0.3 is 0 Å². The van der Waals surface area contributed by atoms with E-state index in [9.17, 15) is 10.2 Å². The third-order valence-corrected chi connectivity index (χ3v) is 5.30. The number of H-pyrrole nitrogens is 1. The fraction of sp³-hybridized carbons (Fsp3) is 0.667. The van der Waals surface area contributed by atoms with E-state index in [1.807, 2.05) is 12.4 Å². The summed E-state index contributed by atoms with van der Waals surface area (Å²) in [7, 11) is 0. The van der Waals surface area contributed by atoms with Crippen molar-refractivity contribution in [3.8, 4) is 0 Å². The van der Waals surface area contributed by atoms with Crippen LogP contribution in [0.25, 0.3) is 11.2 Å². The lowest BCUT2D eigenvalue weighted by Gasteiger charge is -2.30. The van der Waals surface area contributed by atoms with E-state index in [4.69, 9.17) is 4.98 Å². The number of aromatic amines is 1. The zero-order valence-electron chi connectivity index (χ0n) is 14.3. The molecule has 0 aromatic carbocycles. The van der Waals surface area contributed by atoms with Gasteiger partial charge in [-0.05, 0) is 39.5 Å². The molecule has 24 heavy (non-hydrogen) atoms. The van der Waals surface area contributed by atoms with Gasteiger partial charge in [0, 0.05) is 42.3 Å². The molecule has 0 bridgehead atoms. The Hall–Kier alpha value is -1.50. The van der Waals surface area contributed by atoms with Crippen LogP contribution in [0.15, 0.2) is 12.4 Å². The highest BCUT2D eigenvalue weighted by atomic mass is 16.3. The van der Waals surface area contributed by atoms with Crippen molar-refractivity contribution < 1.29 is 10.2 Å². The largest absolute Gasteiger partial charge is 0.396 e. The second kappa shape index (κ2) is 5.79. The SMILES string of the molecule is CC(C)(O)C(CCO)NC1CC1c1c[nH]c2ncc(C3CC3)nc12. The fourth-order valence-electron chi connectivity index (χ4n) is 3.53. The van der Waals surface area contributed by atoms with Crippen molar-refractivity contribution in [1.82, 2.24) is 20.3 Å². The Morgan fingerprint density at radius 1 is 1.42 bits per heavy atom. The van der Waals surface area contributed by atoms with Crippen LogP contribution in [0.1, 0.15) is 62.6 Å². The molecule has 0 radical (unpaired) electrons. The molecule has 2 heterocycles. The summed E-state index contributed by atoms with van der Waals surface area (Å²) in [6.45, 7) is 3.65. The van der Waals surface area contributed by atoms with Crippen molar-refractivity contribution in [1.29, 1.82) is 0 Å². The minimum absolute atomic E-state index is 0.0718. The van der Waals surface area contributed by atoms with Gasteiger partial charge in [0.2, 0.25) is 0 Å². The number of fused-ring (bicyclic) bond motifs is 1. The van der Waals surface area contributed by atoms with Crippen molar-refractivity contribution >= 4 is 11.2 Å². The summed E-state index contributed by atoms with van der Waals surface area (Å²) in [4.78, 5) is 12.6. The van der Waals surface area contributed by atoms with E-state index in [1.165, 1.54) is 18.4 Å². The van der Waals surface area contributed by atoms with Crippen LogP contribution in [0.5, 0.6) is 0 Å². The lowest BCUT2D eigenvalue weighted by molar-refractivity contribution is 0.0269. The molecule has 2 aliphatic rings. The van der Waals surface area contributed by atoms with Gasteiger partial charge in [-0.3, -0.25) is 0 Å². The van der Waals surface area contributed by atoms with Gasteiger partial charge in [-0.15, -0.1) is 0 Å². The molecule has 0 spiro atoms. The summed E-state index contributed by atoms with van der Waals surface area (Å²) >= 11 is 0. The second-order valence-corrected chi connectivity index (χ2v) is 7.84. The highest BCUT2D eigenvalue weighted by Gasteiger charge is 2.43. The molecule has 0 aliphatic heterocycles. The van der Waals surface area contributed by atoms with Gasteiger partial charge in [0.15, 0.2) is 5.65 Å². The number of nitrogens with one attached hydrogen (secondary N) is 2. The van der Waals surface area contributed by atoms with E-state index in [2.05, 4.69) is 15.3 Å². The Labute approximate surface area is 141 Å². The van der Waals surface area contributed by atoms with Crippen LogP contribution in [0.4, 0.5) is 0 Å². The number of rotatable bonds is 7. The molecule has 4 rings (SSSR count). The molecule has 2 fully saturated rings. The van der Waals surface area contributed by atoms with E-state index in [0.717, 1.165) is 23.3 Å². The average Bonchev–Trinajstić information content (AvgIpc) is 3.45. The topological polar surface area (TPSA) is 94.1 Å². The maximum Gasteiger partial charge on any atom is 0.156 e. The normalized spacial score (nSPS) is 25.2. The summed E-state index contributed by atoms with van der Waals surface area (Å²) in [6, 6.07) is 0.203. The van der Waals surface area contributed by atoms with Crippen LogP contribution in [0.2, 0.25) is 0 Å². The Balaban J connectivity index is 1.51. The summed E-state index contributed by atoms with van der Waals surface area (Å²) in [5, 5.41) is 23.0. The molecule has 0 saturated heterocycles. The first-order valence-corrected chi connectivity index (χ1v) is 8.90. The molecule has 2 aliphatic carbocycles. The van der Waals surface area contributed by atoms with Gasteiger partial charge < -0.3 is 20.5 Å². The van der Waals surface area contributed by atoms with E-state index in [1.54, 1.807) is 13.8 Å². The zero-order chi connectivity index (χ0) is 16.9. The minimum Gasteiger partial charge on any atom is -0.396 e. The molecule has 2 aromatic heterocycles. The van der Waals surface area contributed by atoms with Gasteiger partial charge in [-0.1, -0.05) is 0 Å². The lowest BCUT2D eigenvalue weighted by atomic mass is 9.96. The van der Waals surface area contributed by atoms with Gasteiger partial charge in [-0.2, -0.15) is 0 Å². The molecular weight excluding hydrogens is 304 g/mol. The van der Waals surface area contributed by atoms with Crippen LogP contribution >= 0.6 is 0 Å². The molecule has 2 aromatic rings. The molecule has 6 heteroatoms. The highest BCUT2D eigenvalue weighted by molar-refractivity contribution is 5.76. The molecule has 4 N–H and O–H groups in total. The maximum atomic E-state index is 10.3.